The second kappa shape index (κ2) is 37.1. The van der Waals surface area contributed by atoms with Crippen molar-refractivity contribution in [3.8, 4) is 0 Å². The number of carboxylic acids is 1. The van der Waals surface area contributed by atoms with Crippen LogP contribution in [0.1, 0.15) is 86.8 Å². The molecule has 0 bridgehead atoms. The summed E-state index contributed by atoms with van der Waals surface area (Å²) in [5.74, 6) is -0.671. The van der Waals surface area contributed by atoms with Crippen LogP contribution in [0.5, 0.6) is 0 Å². The van der Waals surface area contributed by atoms with Gasteiger partial charge in [-0.3, -0.25) is 4.79 Å². The van der Waals surface area contributed by atoms with Gasteiger partial charge in [0.15, 0.2) is 0 Å². The molecule has 2 nitrogen and oxygen atoms in total. The van der Waals surface area contributed by atoms with Crippen molar-refractivity contribution < 1.29 is 66.4 Å². The maximum atomic E-state index is 10.3. The molecule has 145 valence electrons. The van der Waals surface area contributed by atoms with E-state index >= 15 is 0 Å². The summed E-state index contributed by atoms with van der Waals surface area (Å²) in [6.07, 6.45) is 22.3. The smallest absolute Gasteiger partial charge is 1.00 e. The predicted molar refractivity (Wildman–Crippen MR) is 106 cm³/mol. The zero-order chi connectivity index (χ0) is 14.9. The molecule has 0 rings (SSSR count). The van der Waals surface area contributed by atoms with Gasteiger partial charge in [-0.15, -0.1) is 0 Å². The van der Waals surface area contributed by atoms with Crippen molar-refractivity contribution in [2.24, 2.45) is 0 Å². The van der Waals surface area contributed by atoms with Crippen molar-refractivity contribution in [2.75, 3.05) is 0 Å². The van der Waals surface area contributed by atoms with Crippen molar-refractivity contribution in [1.82, 2.24) is 0 Å². The topological polar surface area (TPSA) is 37.3 Å². The monoisotopic (exact) mass is 531 g/mol. The van der Waals surface area contributed by atoms with Crippen LogP contribution in [0, 0.1) is 0 Å². The molecule has 0 amide bonds. The molecule has 0 aromatic heterocycles. The molecule has 0 aliphatic rings. The number of unbranched alkanes of at least 4 members (excludes halogenated alkanes) is 8. The van der Waals surface area contributed by atoms with Crippen molar-refractivity contribution in [1.29, 1.82) is 0 Å². The molecule has 0 heterocycles. The quantitative estimate of drug-likeness (QED) is 0.133. The largest absolute Gasteiger partial charge is 2.00 e. The summed E-state index contributed by atoms with van der Waals surface area (Å²) in [5, 5.41) is 8.50. The number of allylic oxidation sites excluding steroid dienone is 4. The van der Waals surface area contributed by atoms with E-state index in [-0.39, 0.29) is 104 Å². The van der Waals surface area contributed by atoms with E-state index < -0.39 is 5.97 Å². The number of hydrogen-bond acceptors (Lipinski definition) is 1. The molecule has 0 fully saturated rings. The molecule has 25 heavy (non-hydrogen) atoms. The van der Waals surface area contributed by atoms with Gasteiger partial charge in [0.2, 0.25) is 0 Å². The molecule has 1 N–H and O–H groups in total. The molecule has 0 saturated heterocycles. The van der Waals surface area contributed by atoms with Gasteiger partial charge in [-0.05, 0) is 38.5 Å². The molecule has 0 aromatic rings. The summed E-state index contributed by atoms with van der Waals surface area (Å²) in [4.78, 5) is 10.3. The van der Waals surface area contributed by atoms with Gasteiger partial charge >= 0.3 is 43.7 Å². The van der Waals surface area contributed by atoms with Crippen molar-refractivity contribution in [2.45, 2.75) is 84.0 Å². The Labute approximate surface area is 225 Å². The van der Waals surface area contributed by atoms with E-state index in [4.69, 9.17) is 5.11 Å². The fourth-order valence-electron chi connectivity index (χ4n) is 2.09. The van der Waals surface area contributed by atoms with E-state index in [0.29, 0.717) is 6.42 Å². The summed E-state index contributed by atoms with van der Waals surface area (Å²) < 4.78 is 0. The Morgan fingerprint density at radius 3 is 1.80 bits per heavy atom. The molecule has 1 atom stereocenters. The van der Waals surface area contributed by atoms with Crippen LogP contribution in [0.25, 0.3) is 0 Å². The fraction of sp³-hybridized carbons (Fsp3) is 0.722. The fourth-order valence-corrected chi connectivity index (χ4v) is 2.09. The average Bonchev–Trinajstić information content (AvgIpc) is 2.43. The summed E-state index contributed by atoms with van der Waals surface area (Å²) in [6, 6.07) is 0. The van der Waals surface area contributed by atoms with Gasteiger partial charge in [0.05, 0.1) is 0 Å². The van der Waals surface area contributed by atoms with Gasteiger partial charge in [-0.25, -0.2) is 0 Å². The van der Waals surface area contributed by atoms with Gasteiger partial charge < -0.3 is 7.96 Å². The van der Waals surface area contributed by atoms with E-state index in [1.165, 1.54) is 44.9 Å². The van der Waals surface area contributed by atoms with Crippen LogP contribution in [0.15, 0.2) is 24.3 Å². The van der Waals surface area contributed by atoms with E-state index in [0.717, 1.165) is 25.7 Å². The third-order valence-corrected chi connectivity index (χ3v) is 3.34. The van der Waals surface area contributed by atoms with Crippen molar-refractivity contribution in [3.05, 3.63) is 24.3 Å². The second-order valence-corrected chi connectivity index (χ2v) is 5.37. The Kier molecular flexibility index (Phi) is 61.8. The van der Waals surface area contributed by atoms with E-state index in [1.54, 1.807) is 0 Å². The molecular formula is C18H37CaFeMnO2PZn. The molecule has 7 heteroatoms. The predicted octanol–water partition coefficient (Wildman–Crippen LogP) is 5.78. The van der Waals surface area contributed by atoms with Crippen LogP contribution < -0.4 is 0 Å². The average molecular weight is 533 g/mol. The number of rotatable bonds is 14. The standard InChI is InChI=1S/C18H32O2.Ca.Fe.Mn.H3P.Zn.2H/c1-2-3-4-5-6-7-8-9-10-11-12-13-14-15-16-17-18(19)20;;;;;;;/h6-7,9-10H,2-5,8,11-17H2,1H3,(H,19,20);;;;1H3;;;/q;+2;;;;;2*-1/b7-6-,10-9-;;;;;;;. The Morgan fingerprint density at radius 2 is 1.32 bits per heavy atom. The van der Waals surface area contributed by atoms with Gasteiger partial charge in [-0.1, -0.05) is 63.3 Å². The molecule has 1 unspecified atom stereocenters. The molecule has 0 aliphatic carbocycles. The Bertz CT molecular complexity index is 307. The van der Waals surface area contributed by atoms with Gasteiger partial charge in [0, 0.05) is 60.0 Å². The van der Waals surface area contributed by atoms with Crippen LogP contribution in [0.4, 0.5) is 0 Å². The summed E-state index contributed by atoms with van der Waals surface area (Å²) in [5.41, 5.74) is 0. The maximum absolute atomic E-state index is 10.3. The maximum Gasteiger partial charge on any atom is 2.00 e. The van der Waals surface area contributed by atoms with Gasteiger partial charge in [0.1, 0.15) is 0 Å². The van der Waals surface area contributed by atoms with Crippen LogP contribution in [-0.2, 0) is 58.4 Å². The van der Waals surface area contributed by atoms with Gasteiger partial charge in [0.25, 0.3) is 0 Å². The first kappa shape index (κ1) is 41.6. The van der Waals surface area contributed by atoms with Crippen molar-refractivity contribution >= 4 is 53.6 Å². The molecule has 0 saturated carbocycles. The van der Waals surface area contributed by atoms with E-state index in [2.05, 4.69) is 31.2 Å². The SMILES string of the molecule is CCCCC/C=C\C/C=C\CCCCCCCC(=O)O.P.[Ca+2].[Fe].[H-].[H-].[Mn].[Zn]. The molecule has 1 radical (unpaired) electrons. The van der Waals surface area contributed by atoms with Crippen LogP contribution in [-0.4, -0.2) is 48.8 Å². The number of carboxylic acid groups (broad SMARTS) is 1. The first-order chi connectivity index (χ1) is 9.77. The zero-order valence-electron chi connectivity index (χ0n) is 18.0. The van der Waals surface area contributed by atoms with E-state index in [1.807, 2.05) is 0 Å². The van der Waals surface area contributed by atoms with Crippen molar-refractivity contribution in [3.63, 3.8) is 0 Å². The summed E-state index contributed by atoms with van der Waals surface area (Å²) >= 11 is 0. The number of hydrogen-bond donors (Lipinski definition) is 1. The van der Waals surface area contributed by atoms with Gasteiger partial charge in [-0.2, -0.15) is 9.90 Å². The Hall–Kier alpha value is 2.30. The van der Waals surface area contributed by atoms with E-state index in [9.17, 15) is 4.79 Å². The summed E-state index contributed by atoms with van der Waals surface area (Å²) in [7, 11) is 0. The minimum Gasteiger partial charge on any atom is -1.00 e. The second-order valence-electron chi connectivity index (χ2n) is 5.37. The third kappa shape index (κ3) is 41.7. The van der Waals surface area contributed by atoms with Crippen LogP contribution in [0.3, 0.4) is 0 Å². The minimum absolute atomic E-state index is 0. The Balaban J connectivity index is -0.0000000860. The zero-order valence-corrected chi connectivity index (χ0v) is 24.9. The molecule has 0 aromatic carbocycles. The number of carbonyl (C=O) groups is 1. The third-order valence-electron chi connectivity index (χ3n) is 3.34. The van der Waals surface area contributed by atoms with Crippen LogP contribution >= 0.6 is 9.90 Å². The summed E-state index contributed by atoms with van der Waals surface area (Å²) in [6.45, 7) is 2.23. The molecular weight excluding hydrogens is 495 g/mol. The minimum atomic E-state index is -0.671. The normalized spacial score (nSPS) is 9.32. The Morgan fingerprint density at radius 1 is 0.880 bits per heavy atom. The van der Waals surface area contributed by atoms with Crippen LogP contribution in [0.2, 0.25) is 0 Å². The molecule has 0 spiro atoms. The number of aliphatic carboxylic acids is 1. The first-order valence-electron chi connectivity index (χ1n) is 8.29. The molecule has 0 aliphatic heterocycles. The first-order valence-corrected chi connectivity index (χ1v) is 8.29.